The number of rotatable bonds is 4. The Balaban J connectivity index is 1.89. The zero-order valence-corrected chi connectivity index (χ0v) is 13.0. The Bertz CT molecular complexity index is 869. The van der Waals surface area contributed by atoms with Crippen LogP contribution in [-0.4, -0.2) is 6.29 Å². The average Bonchev–Trinajstić information content (AvgIpc) is 2.62. The first-order valence-corrected chi connectivity index (χ1v) is 7.56. The van der Waals surface area contributed by atoms with Gasteiger partial charge in [0.05, 0.1) is 5.56 Å². The van der Waals surface area contributed by atoms with E-state index in [-0.39, 0.29) is 0 Å². The third-order valence-corrected chi connectivity index (χ3v) is 3.78. The van der Waals surface area contributed by atoms with Crippen molar-refractivity contribution in [2.24, 2.45) is 0 Å². The van der Waals surface area contributed by atoms with Gasteiger partial charge in [-0.3, -0.25) is 4.79 Å². The Kier molecular flexibility index (Phi) is 4.57. The van der Waals surface area contributed by atoms with Gasteiger partial charge in [0.15, 0.2) is 0 Å². The minimum atomic E-state index is -4.35. The molecule has 5 heteroatoms. The molecule has 0 saturated heterocycles. The molecule has 0 aliphatic carbocycles. The molecule has 0 heterocycles. The van der Waals surface area contributed by atoms with Gasteiger partial charge in [0, 0.05) is 22.5 Å². The Labute approximate surface area is 142 Å². The number of nitrogens with one attached hydrogen (secondary N) is 1. The van der Waals surface area contributed by atoms with Crippen LogP contribution in [0.4, 0.5) is 24.5 Å². The highest BCUT2D eigenvalue weighted by Crippen LogP contribution is 2.33. The lowest BCUT2D eigenvalue weighted by molar-refractivity contribution is -0.137. The first-order chi connectivity index (χ1) is 12.0. The second-order valence-corrected chi connectivity index (χ2v) is 5.49. The number of halogens is 3. The van der Waals surface area contributed by atoms with Crippen LogP contribution in [0.15, 0.2) is 72.8 Å². The summed E-state index contributed by atoms with van der Waals surface area (Å²) in [6.07, 6.45) is -3.58. The van der Waals surface area contributed by atoms with Crippen molar-refractivity contribution in [1.82, 2.24) is 0 Å². The van der Waals surface area contributed by atoms with Gasteiger partial charge in [-0.2, -0.15) is 13.2 Å². The Hall–Kier alpha value is -3.08. The summed E-state index contributed by atoms with van der Waals surface area (Å²) in [6.45, 7) is 0. The van der Waals surface area contributed by atoms with Gasteiger partial charge >= 0.3 is 6.18 Å². The summed E-state index contributed by atoms with van der Waals surface area (Å²) in [4.78, 5) is 10.8. The molecule has 1 N–H and O–H groups in total. The number of para-hydroxylation sites is 1. The molecule has 0 bridgehead atoms. The zero-order chi connectivity index (χ0) is 17.9. The van der Waals surface area contributed by atoms with Crippen molar-refractivity contribution in [3.05, 3.63) is 83.9 Å². The maximum absolute atomic E-state index is 12.6. The topological polar surface area (TPSA) is 29.1 Å². The van der Waals surface area contributed by atoms with Gasteiger partial charge in [-0.1, -0.05) is 42.5 Å². The van der Waals surface area contributed by atoms with Gasteiger partial charge in [-0.25, -0.2) is 0 Å². The van der Waals surface area contributed by atoms with E-state index in [1.807, 2.05) is 36.4 Å². The summed E-state index contributed by atoms with van der Waals surface area (Å²) in [5, 5.41) is 3.14. The summed E-state index contributed by atoms with van der Waals surface area (Å²) in [5.41, 5.74) is 3.01. The lowest BCUT2D eigenvalue weighted by Gasteiger charge is -2.13. The summed E-state index contributed by atoms with van der Waals surface area (Å²) in [7, 11) is 0. The highest BCUT2D eigenvalue weighted by molar-refractivity contribution is 5.83. The maximum Gasteiger partial charge on any atom is 0.416 e. The molecule has 3 aromatic carbocycles. The maximum atomic E-state index is 12.6. The van der Waals surface area contributed by atoms with Gasteiger partial charge in [0.25, 0.3) is 0 Å². The molecule has 3 rings (SSSR count). The third kappa shape index (κ3) is 3.88. The summed E-state index contributed by atoms with van der Waals surface area (Å²) in [6, 6.07) is 19.5. The number of alkyl halides is 3. The van der Waals surface area contributed by atoms with Crippen molar-refractivity contribution in [1.29, 1.82) is 0 Å². The van der Waals surface area contributed by atoms with Gasteiger partial charge < -0.3 is 5.32 Å². The van der Waals surface area contributed by atoms with Crippen molar-refractivity contribution in [2.45, 2.75) is 6.18 Å². The van der Waals surface area contributed by atoms with Crippen LogP contribution in [0.5, 0.6) is 0 Å². The van der Waals surface area contributed by atoms with E-state index in [9.17, 15) is 18.0 Å². The number of hydrogen-bond acceptors (Lipinski definition) is 2. The molecule has 3 aromatic rings. The molecule has 0 aliphatic heterocycles. The molecule has 126 valence electrons. The van der Waals surface area contributed by atoms with Crippen molar-refractivity contribution in [3.8, 4) is 11.1 Å². The van der Waals surface area contributed by atoms with Gasteiger partial charge in [0.1, 0.15) is 6.29 Å². The number of carbonyl (C=O) groups excluding carboxylic acids is 1. The average molecular weight is 341 g/mol. The highest BCUT2D eigenvalue weighted by Gasteiger charge is 2.29. The predicted octanol–water partition coefficient (Wildman–Crippen LogP) is 5.93. The fourth-order valence-corrected chi connectivity index (χ4v) is 2.48. The van der Waals surface area contributed by atoms with Crippen molar-refractivity contribution < 1.29 is 18.0 Å². The van der Waals surface area contributed by atoms with Crippen molar-refractivity contribution >= 4 is 17.7 Å². The molecule has 2 nitrogen and oxygen atoms in total. The van der Waals surface area contributed by atoms with Crippen LogP contribution >= 0.6 is 0 Å². The third-order valence-electron chi connectivity index (χ3n) is 3.78. The van der Waals surface area contributed by atoms with Gasteiger partial charge in [-0.15, -0.1) is 0 Å². The van der Waals surface area contributed by atoms with E-state index < -0.39 is 11.7 Å². The monoisotopic (exact) mass is 341 g/mol. The van der Waals surface area contributed by atoms with E-state index in [1.54, 1.807) is 12.1 Å². The number of carbonyl (C=O) groups is 1. The van der Waals surface area contributed by atoms with E-state index >= 15 is 0 Å². The molecule has 0 fully saturated rings. The van der Waals surface area contributed by atoms with Gasteiger partial charge in [0.2, 0.25) is 0 Å². The Morgan fingerprint density at radius 1 is 0.800 bits per heavy atom. The molecule has 0 atom stereocenters. The molecule has 0 unspecified atom stereocenters. The Morgan fingerprint density at radius 3 is 2.04 bits per heavy atom. The van der Waals surface area contributed by atoms with Crippen molar-refractivity contribution in [2.75, 3.05) is 5.32 Å². The van der Waals surface area contributed by atoms with E-state index in [4.69, 9.17) is 0 Å². The molecule has 0 radical (unpaired) electrons. The van der Waals surface area contributed by atoms with Crippen LogP contribution in [0.2, 0.25) is 0 Å². The van der Waals surface area contributed by atoms with E-state index in [0.29, 0.717) is 11.3 Å². The number of anilines is 2. The largest absolute Gasteiger partial charge is 0.416 e. The minimum absolute atomic E-state index is 0.560. The lowest BCUT2D eigenvalue weighted by atomic mass is 10.0. The van der Waals surface area contributed by atoms with Gasteiger partial charge in [-0.05, 0) is 35.9 Å². The molecule has 0 amide bonds. The predicted molar refractivity (Wildman–Crippen MR) is 92.0 cm³/mol. The fourth-order valence-electron chi connectivity index (χ4n) is 2.48. The van der Waals surface area contributed by atoms with Crippen LogP contribution in [0.3, 0.4) is 0 Å². The SMILES string of the molecule is O=Cc1ccc(-c2ccccc2Nc2ccc(C(F)(F)F)cc2)cc1. The summed E-state index contributed by atoms with van der Waals surface area (Å²) >= 11 is 0. The highest BCUT2D eigenvalue weighted by atomic mass is 19.4. The van der Waals surface area contributed by atoms with Crippen LogP contribution in [0.25, 0.3) is 11.1 Å². The van der Waals surface area contributed by atoms with E-state index in [1.165, 1.54) is 12.1 Å². The van der Waals surface area contributed by atoms with Crippen LogP contribution < -0.4 is 5.32 Å². The number of aldehydes is 1. The lowest BCUT2D eigenvalue weighted by Crippen LogP contribution is -2.04. The molecule has 0 saturated carbocycles. The Morgan fingerprint density at radius 2 is 1.44 bits per heavy atom. The molecule has 0 aliphatic rings. The summed E-state index contributed by atoms with van der Waals surface area (Å²) in [5.74, 6) is 0. The second kappa shape index (κ2) is 6.81. The smallest absolute Gasteiger partial charge is 0.355 e. The molecule has 0 spiro atoms. The molecular formula is C20H14F3NO. The quantitative estimate of drug-likeness (QED) is 0.596. The van der Waals surface area contributed by atoms with E-state index in [0.717, 1.165) is 35.2 Å². The van der Waals surface area contributed by atoms with E-state index in [2.05, 4.69) is 5.32 Å². The first kappa shape index (κ1) is 16.8. The number of benzene rings is 3. The van der Waals surface area contributed by atoms with Crippen LogP contribution in [0, 0.1) is 0 Å². The molecule has 25 heavy (non-hydrogen) atoms. The first-order valence-electron chi connectivity index (χ1n) is 7.56. The second-order valence-electron chi connectivity index (χ2n) is 5.49. The standard InChI is InChI=1S/C20H14F3NO/c21-20(22,23)16-9-11-17(12-10-16)24-19-4-2-1-3-18(19)15-7-5-14(13-25)6-8-15/h1-13,24H. The minimum Gasteiger partial charge on any atom is -0.355 e. The number of hydrogen-bond donors (Lipinski definition) is 1. The summed E-state index contributed by atoms with van der Waals surface area (Å²) < 4.78 is 37.9. The fraction of sp³-hybridized carbons (Fsp3) is 0.0500. The van der Waals surface area contributed by atoms with Crippen LogP contribution in [0.1, 0.15) is 15.9 Å². The zero-order valence-electron chi connectivity index (χ0n) is 13.0. The van der Waals surface area contributed by atoms with Crippen LogP contribution in [-0.2, 0) is 6.18 Å². The van der Waals surface area contributed by atoms with Crippen molar-refractivity contribution in [3.63, 3.8) is 0 Å². The molecular weight excluding hydrogens is 327 g/mol. The molecule has 0 aromatic heterocycles. The normalized spacial score (nSPS) is 11.2.